The van der Waals surface area contributed by atoms with E-state index in [9.17, 15) is 28.8 Å². The van der Waals surface area contributed by atoms with Crippen molar-refractivity contribution >= 4 is 35.6 Å². The molecule has 2 rings (SSSR count). The molecule has 292 valence electrons. The summed E-state index contributed by atoms with van der Waals surface area (Å²) in [6, 6.07) is 12.5. The molecule has 2 aromatic carbocycles. The van der Waals surface area contributed by atoms with Crippen molar-refractivity contribution in [2.75, 3.05) is 6.54 Å². The molecule has 0 saturated carbocycles. The van der Waals surface area contributed by atoms with Crippen LogP contribution in [0.2, 0.25) is 0 Å². The van der Waals surface area contributed by atoms with Gasteiger partial charge in [-0.3, -0.25) is 29.4 Å². The fraction of sp³-hybridized carbons (Fsp3) is 0.526. The molecule has 0 aliphatic rings. The number of benzene rings is 2. The normalized spacial score (nSPS) is 14.0. The standard InChI is InChI=1S/C38H57N7O8/c1-9-24(4)32(44-37(51)53-38(6,7)8)36(50)40-21-31(46)41-25(5)33(47)42-30(34(48)43-29(19-23(2)3)35(49)45-39)20-26-15-17-28(18-16-26)52-22-27-13-11-10-12-14-27/h10-18,23-25,29-30,32H,9,19-22,39H2,1-8H3,(H,40,50)(H,41,46)(H,42,47)(H,43,48)(H,44,51)(H,45,49)/t24-,25-,29-,30-,32-/m0/s1. The summed E-state index contributed by atoms with van der Waals surface area (Å²) in [6.07, 6.45) is 0.144. The van der Waals surface area contributed by atoms with Crippen molar-refractivity contribution in [2.45, 2.75) is 111 Å². The zero-order valence-electron chi connectivity index (χ0n) is 32.0. The number of nitrogens with one attached hydrogen (secondary N) is 6. The molecule has 0 aliphatic carbocycles. The number of ether oxygens (including phenoxy) is 2. The van der Waals surface area contributed by atoms with Gasteiger partial charge in [0.2, 0.25) is 23.6 Å². The van der Waals surface area contributed by atoms with E-state index in [1.54, 1.807) is 52.0 Å². The Morgan fingerprint density at radius 2 is 1.36 bits per heavy atom. The lowest BCUT2D eigenvalue weighted by Gasteiger charge is -2.26. The van der Waals surface area contributed by atoms with Gasteiger partial charge in [-0.15, -0.1) is 0 Å². The minimum absolute atomic E-state index is 0.0401. The molecule has 2 aromatic rings. The number of hydrazine groups is 1. The SMILES string of the molecule is CC[C@H](C)[C@H](NC(=O)OC(C)(C)C)C(=O)NCC(=O)N[C@@H](C)C(=O)N[C@@H](Cc1ccc(OCc2ccccc2)cc1)C(=O)N[C@@H](CC(C)C)C(=O)NN. The number of alkyl carbamates (subject to hydrolysis) is 1. The Hall–Kier alpha value is -5.18. The zero-order valence-corrected chi connectivity index (χ0v) is 32.0. The second-order valence-corrected chi connectivity index (χ2v) is 14.4. The van der Waals surface area contributed by atoms with Gasteiger partial charge in [0.1, 0.15) is 42.1 Å². The first kappa shape index (κ1) is 44.0. The van der Waals surface area contributed by atoms with Crippen molar-refractivity contribution in [3.05, 3.63) is 65.7 Å². The third-order valence-corrected chi connectivity index (χ3v) is 8.09. The van der Waals surface area contributed by atoms with E-state index in [0.717, 1.165) is 5.56 Å². The Morgan fingerprint density at radius 3 is 1.92 bits per heavy atom. The van der Waals surface area contributed by atoms with Crippen LogP contribution in [-0.4, -0.2) is 71.9 Å². The monoisotopic (exact) mass is 739 g/mol. The molecule has 0 aliphatic heterocycles. The summed E-state index contributed by atoms with van der Waals surface area (Å²) in [6.45, 7) is 13.8. The molecule has 0 saturated heterocycles. The lowest BCUT2D eigenvalue weighted by Crippen LogP contribution is -2.58. The summed E-state index contributed by atoms with van der Waals surface area (Å²) in [4.78, 5) is 77.6. The second-order valence-electron chi connectivity index (χ2n) is 14.4. The van der Waals surface area contributed by atoms with Gasteiger partial charge in [-0.1, -0.05) is 76.6 Å². The lowest BCUT2D eigenvalue weighted by molar-refractivity contribution is -0.133. The first-order chi connectivity index (χ1) is 24.9. The number of amides is 6. The van der Waals surface area contributed by atoms with Crippen LogP contribution in [0.3, 0.4) is 0 Å². The van der Waals surface area contributed by atoms with Crippen molar-refractivity contribution in [3.8, 4) is 5.75 Å². The summed E-state index contributed by atoms with van der Waals surface area (Å²) in [5, 5.41) is 13.0. The third kappa shape index (κ3) is 16.4. The molecule has 0 unspecified atom stereocenters. The Balaban J connectivity index is 2.12. The molecule has 0 spiro atoms. The number of nitrogens with two attached hydrogens (primary N) is 1. The minimum Gasteiger partial charge on any atom is -0.489 e. The zero-order chi connectivity index (χ0) is 39.7. The van der Waals surface area contributed by atoms with Crippen LogP contribution in [0.25, 0.3) is 0 Å². The van der Waals surface area contributed by atoms with Gasteiger partial charge in [0.15, 0.2) is 0 Å². The van der Waals surface area contributed by atoms with Gasteiger partial charge in [0, 0.05) is 6.42 Å². The Morgan fingerprint density at radius 1 is 0.736 bits per heavy atom. The van der Waals surface area contributed by atoms with Crippen LogP contribution in [0.4, 0.5) is 4.79 Å². The Labute approximate surface area is 312 Å². The van der Waals surface area contributed by atoms with Crippen molar-refractivity contribution in [2.24, 2.45) is 17.7 Å². The molecule has 6 amide bonds. The summed E-state index contributed by atoms with van der Waals surface area (Å²) in [5.74, 6) is 2.58. The van der Waals surface area contributed by atoms with Gasteiger partial charge >= 0.3 is 6.09 Å². The average molecular weight is 740 g/mol. The molecule has 53 heavy (non-hydrogen) atoms. The average Bonchev–Trinajstić information content (AvgIpc) is 3.10. The molecule has 5 atom stereocenters. The van der Waals surface area contributed by atoms with Crippen LogP contribution in [0.1, 0.15) is 79.4 Å². The van der Waals surface area contributed by atoms with E-state index in [1.165, 1.54) is 6.92 Å². The highest BCUT2D eigenvalue weighted by Crippen LogP contribution is 2.16. The van der Waals surface area contributed by atoms with Crippen LogP contribution in [0.15, 0.2) is 54.6 Å². The maximum absolute atomic E-state index is 13.6. The first-order valence-electron chi connectivity index (χ1n) is 17.9. The van der Waals surface area contributed by atoms with E-state index in [2.05, 4.69) is 32.0 Å². The first-order valence-corrected chi connectivity index (χ1v) is 17.9. The maximum atomic E-state index is 13.6. The van der Waals surface area contributed by atoms with Crippen LogP contribution in [0, 0.1) is 11.8 Å². The van der Waals surface area contributed by atoms with Gasteiger partial charge in [0.25, 0.3) is 5.91 Å². The number of carbonyl (C=O) groups excluding carboxylic acids is 6. The van der Waals surface area contributed by atoms with E-state index < -0.39 is 71.9 Å². The third-order valence-electron chi connectivity index (χ3n) is 8.09. The fourth-order valence-corrected chi connectivity index (χ4v) is 5.05. The molecule has 8 N–H and O–H groups in total. The van der Waals surface area contributed by atoms with E-state index >= 15 is 0 Å². The summed E-state index contributed by atoms with van der Waals surface area (Å²) >= 11 is 0. The molecule has 15 nitrogen and oxygen atoms in total. The Bertz CT molecular complexity index is 1510. The summed E-state index contributed by atoms with van der Waals surface area (Å²) < 4.78 is 11.1. The second kappa shape index (κ2) is 21.4. The van der Waals surface area contributed by atoms with Gasteiger partial charge in [0.05, 0.1) is 6.54 Å². The van der Waals surface area contributed by atoms with Crippen LogP contribution in [0.5, 0.6) is 5.75 Å². The summed E-state index contributed by atoms with van der Waals surface area (Å²) in [7, 11) is 0. The highest BCUT2D eigenvalue weighted by Gasteiger charge is 2.31. The fourth-order valence-electron chi connectivity index (χ4n) is 5.05. The van der Waals surface area contributed by atoms with E-state index in [-0.39, 0.29) is 18.3 Å². The van der Waals surface area contributed by atoms with Gasteiger partial charge < -0.3 is 36.1 Å². The largest absolute Gasteiger partial charge is 0.489 e. The lowest BCUT2D eigenvalue weighted by atomic mass is 9.98. The molecule has 0 aromatic heterocycles. The number of carbonyl (C=O) groups is 6. The van der Waals surface area contributed by atoms with E-state index in [0.29, 0.717) is 30.8 Å². The molecular formula is C38H57N7O8. The van der Waals surface area contributed by atoms with Crippen molar-refractivity contribution in [3.63, 3.8) is 0 Å². The quantitative estimate of drug-likeness (QED) is 0.0638. The maximum Gasteiger partial charge on any atom is 0.408 e. The molecule has 0 radical (unpaired) electrons. The van der Waals surface area contributed by atoms with Crippen LogP contribution in [-0.2, 0) is 41.7 Å². The van der Waals surface area contributed by atoms with Gasteiger partial charge in [-0.2, -0.15) is 0 Å². The Kier molecular flexibility index (Phi) is 17.7. The van der Waals surface area contributed by atoms with Crippen molar-refractivity contribution in [1.82, 2.24) is 32.0 Å². The van der Waals surface area contributed by atoms with E-state index in [1.807, 2.05) is 51.1 Å². The summed E-state index contributed by atoms with van der Waals surface area (Å²) in [5.41, 5.74) is 2.99. The van der Waals surface area contributed by atoms with E-state index in [4.69, 9.17) is 15.3 Å². The van der Waals surface area contributed by atoms with Crippen molar-refractivity contribution in [1.29, 1.82) is 0 Å². The molecular weight excluding hydrogens is 682 g/mol. The van der Waals surface area contributed by atoms with Gasteiger partial charge in [-0.05, 0) is 69.2 Å². The molecule has 0 fully saturated rings. The van der Waals surface area contributed by atoms with Gasteiger partial charge in [-0.25, -0.2) is 10.6 Å². The highest BCUT2D eigenvalue weighted by atomic mass is 16.6. The number of hydrogen-bond donors (Lipinski definition) is 7. The molecule has 0 bridgehead atoms. The number of hydrogen-bond acceptors (Lipinski definition) is 9. The minimum atomic E-state index is -1.15. The number of rotatable bonds is 19. The smallest absolute Gasteiger partial charge is 0.408 e. The van der Waals surface area contributed by atoms with Crippen LogP contribution < -0.4 is 42.6 Å². The topological polar surface area (TPSA) is 219 Å². The van der Waals surface area contributed by atoms with Crippen molar-refractivity contribution < 1.29 is 38.2 Å². The highest BCUT2D eigenvalue weighted by molar-refractivity contribution is 5.95. The van der Waals surface area contributed by atoms with Crippen LogP contribution >= 0.6 is 0 Å². The predicted molar refractivity (Wildman–Crippen MR) is 200 cm³/mol. The molecule has 15 heteroatoms. The molecule has 0 heterocycles. The predicted octanol–water partition coefficient (Wildman–Crippen LogP) is 2.37.